The van der Waals surface area contributed by atoms with Crippen molar-refractivity contribution in [1.29, 1.82) is 0 Å². The summed E-state index contributed by atoms with van der Waals surface area (Å²) in [4.78, 5) is 12.5. The van der Waals surface area contributed by atoms with Gasteiger partial charge < -0.3 is 5.32 Å². The molecular formula is C16H19NO. The average molecular weight is 241 g/mol. The highest BCUT2D eigenvalue weighted by molar-refractivity contribution is 6.09. The predicted molar refractivity (Wildman–Crippen MR) is 74.1 cm³/mol. The Morgan fingerprint density at radius 2 is 2.06 bits per heavy atom. The van der Waals surface area contributed by atoms with Crippen LogP contribution in [-0.2, 0) is 6.42 Å². The SMILES string of the molecule is O=C(C1=CCCCCC1)c1ccc2c(c1)NCC2. The van der Waals surface area contributed by atoms with Crippen molar-refractivity contribution in [1.82, 2.24) is 0 Å². The molecule has 2 nitrogen and oxygen atoms in total. The van der Waals surface area contributed by atoms with Crippen molar-refractivity contribution in [2.24, 2.45) is 0 Å². The lowest BCUT2D eigenvalue weighted by Gasteiger charge is -2.07. The second-order valence-electron chi connectivity index (χ2n) is 5.21. The van der Waals surface area contributed by atoms with Crippen molar-refractivity contribution in [2.45, 2.75) is 38.5 Å². The first-order valence-electron chi connectivity index (χ1n) is 6.95. The number of ketones is 1. The van der Waals surface area contributed by atoms with Crippen molar-refractivity contribution in [3.8, 4) is 0 Å². The van der Waals surface area contributed by atoms with E-state index in [-0.39, 0.29) is 5.78 Å². The Labute approximate surface area is 108 Å². The standard InChI is InChI=1S/C16H19NO/c18-16(13-5-3-1-2-4-6-13)14-8-7-12-9-10-17-15(12)11-14/h5,7-8,11,17H,1-4,6,9-10H2. The summed E-state index contributed by atoms with van der Waals surface area (Å²) in [5.74, 6) is 0.230. The van der Waals surface area contributed by atoms with E-state index < -0.39 is 0 Å². The highest BCUT2D eigenvalue weighted by Crippen LogP contribution is 2.26. The van der Waals surface area contributed by atoms with Crippen molar-refractivity contribution in [3.05, 3.63) is 41.0 Å². The van der Waals surface area contributed by atoms with Crippen LogP contribution in [0.4, 0.5) is 5.69 Å². The zero-order valence-corrected chi connectivity index (χ0v) is 10.7. The molecule has 2 heteroatoms. The molecule has 1 aromatic carbocycles. The van der Waals surface area contributed by atoms with E-state index >= 15 is 0 Å². The Morgan fingerprint density at radius 3 is 3.00 bits per heavy atom. The van der Waals surface area contributed by atoms with Gasteiger partial charge in [-0.2, -0.15) is 0 Å². The van der Waals surface area contributed by atoms with Crippen molar-refractivity contribution in [2.75, 3.05) is 11.9 Å². The molecule has 0 radical (unpaired) electrons. The van der Waals surface area contributed by atoms with Crippen LogP contribution in [0.1, 0.15) is 48.0 Å². The Bertz CT molecular complexity index is 502. The van der Waals surface area contributed by atoms with Crippen LogP contribution in [-0.4, -0.2) is 12.3 Å². The van der Waals surface area contributed by atoms with Crippen LogP contribution in [0.15, 0.2) is 29.8 Å². The summed E-state index contributed by atoms with van der Waals surface area (Å²) in [6.45, 7) is 0.996. The van der Waals surface area contributed by atoms with Gasteiger partial charge >= 0.3 is 0 Å². The number of allylic oxidation sites excluding steroid dienone is 2. The van der Waals surface area contributed by atoms with Gasteiger partial charge in [-0.15, -0.1) is 0 Å². The number of hydrogen-bond acceptors (Lipinski definition) is 2. The van der Waals surface area contributed by atoms with E-state index in [2.05, 4.69) is 17.5 Å². The van der Waals surface area contributed by atoms with Crippen molar-refractivity contribution < 1.29 is 4.79 Å². The lowest BCUT2D eigenvalue weighted by molar-refractivity contribution is 0.103. The maximum atomic E-state index is 12.5. The third kappa shape index (κ3) is 2.20. The number of anilines is 1. The molecule has 0 saturated carbocycles. The number of nitrogens with one attached hydrogen (secondary N) is 1. The molecule has 1 aliphatic carbocycles. The fourth-order valence-electron chi connectivity index (χ4n) is 2.84. The summed E-state index contributed by atoms with van der Waals surface area (Å²) in [7, 11) is 0. The number of Topliss-reactive ketones (excluding diaryl/α,β-unsaturated/α-hetero) is 1. The minimum atomic E-state index is 0.230. The number of carbonyl (C=O) groups is 1. The van der Waals surface area contributed by atoms with E-state index in [1.807, 2.05) is 12.1 Å². The van der Waals surface area contributed by atoms with Crippen LogP contribution in [0, 0.1) is 0 Å². The first-order chi connectivity index (χ1) is 8.84. The number of rotatable bonds is 2. The number of hydrogen-bond donors (Lipinski definition) is 1. The quantitative estimate of drug-likeness (QED) is 0.799. The molecule has 18 heavy (non-hydrogen) atoms. The van der Waals surface area contributed by atoms with E-state index in [9.17, 15) is 4.79 Å². The number of fused-ring (bicyclic) bond motifs is 1. The molecule has 0 saturated heterocycles. The smallest absolute Gasteiger partial charge is 0.188 e. The third-order valence-electron chi connectivity index (χ3n) is 3.91. The second-order valence-corrected chi connectivity index (χ2v) is 5.21. The van der Waals surface area contributed by atoms with E-state index in [0.717, 1.165) is 49.1 Å². The topological polar surface area (TPSA) is 29.1 Å². The summed E-state index contributed by atoms with van der Waals surface area (Å²) in [5, 5.41) is 3.34. The third-order valence-corrected chi connectivity index (χ3v) is 3.91. The van der Waals surface area contributed by atoms with E-state index in [1.54, 1.807) is 0 Å². The molecule has 0 fully saturated rings. The van der Waals surface area contributed by atoms with Gasteiger partial charge in [-0.25, -0.2) is 0 Å². The first kappa shape index (κ1) is 11.5. The van der Waals surface area contributed by atoms with E-state index in [0.29, 0.717) is 0 Å². The fraction of sp³-hybridized carbons (Fsp3) is 0.438. The molecule has 0 spiro atoms. The summed E-state index contributed by atoms with van der Waals surface area (Å²) in [6, 6.07) is 6.11. The highest BCUT2D eigenvalue weighted by Gasteiger charge is 2.17. The van der Waals surface area contributed by atoms with Gasteiger partial charge in [0, 0.05) is 17.8 Å². The molecular weight excluding hydrogens is 222 g/mol. The van der Waals surface area contributed by atoms with Gasteiger partial charge in [0.05, 0.1) is 0 Å². The number of benzene rings is 1. The minimum Gasteiger partial charge on any atom is -0.384 e. The highest BCUT2D eigenvalue weighted by atomic mass is 16.1. The summed E-state index contributed by atoms with van der Waals surface area (Å²) in [5.41, 5.74) is 4.35. The van der Waals surface area contributed by atoms with Crippen LogP contribution in [0.5, 0.6) is 0 Å². The van der Waals surface area contributed by atoms with Crippen LogP contribution < -0.4 is 5.32 Å². The minimum absolute atomic E-state index is 0.230. The van der Waals surface area contributed by atoms with Crippen LogP contribution in [0.2, 0.25) is 0 Å². The van der Waals surface area contributed by atoms with Crippen LogP contribution in [0.25, 0.3) is 0 Å². The summed E-state index contributed by atoms with van der Waals surface area (Å²) in [6.07, 6.45) is 8.86. The fourth-order valence-corrected chi connectivity index (χ4v) is 2.84. The molecule has 0 aromatic heterocycles. The lowest BCUT2D eigenvalue weighted by atomic mass is 9.98. The second kappa shape index (κ2) is 4.97. The Hall–Kier alpha value is -1.57. The molecule has 94 valence electrons. The van der Waals surface area contributed by atoms with Gasteiger partial charge in [0.15, 0.2) is 5.78 Å². The van der Waals surface area contributed by atoms with Gasteiger partial charge in [0.25, 0.3) is 0 Å². The average Bonchev–Trinajstić information content (AvgIpc) is 2.69. The maximum Gasteiger partial charge on any atom is 0.188 e. The molecule has 0 unspecified atom stereocenters. The molecule has 1 N–H and O–H groups in total. The zero-order valence-electron chi connectivity index (χ0n) is 10.7. The molecule has 0 amide bonds. The summed E-state index contributed by atoms with van der Waals surface area (Å²) >= 11 is 0. The molecule has 1 aromatic rings. The van der Waals surface area contributed by atoms with Crippen molar-refractivity contribution >= 4 is 11.5 Å². The molecule has 0 bridgehead atoms. The largest absolute Gasteiger partial charge is 0.384 e. The van der Waals surface area contributed by atoms with E-state index in [1.165, 1.54) is 18.4 Å². The van der Waals surface area contributed by atoms with Gasteiger partial charge in [0.1, 0.15) is 0 Å². The monoisotopic (exact) mass is 241 g/mol. The molecule has 0 atom stereocenters. The molecule has 3 rings (SSSR count). The number of carbonyl (C=O) groups excluding carboxylic acids is 1. The summed E-state index contributed by atoms with van der Waals surface area (Å²) < 4.78 is 0. The first-order valence-corrected chi connectivity index (χ1v) is 6.95. The maximum absolute atomic E-state index is 12.5. The van der Waals surface area contributed by atoms with Gasteiger partial charge in [-0.3, -0.25) is 4.79 Å². The Kier molecular flexibility index (Phi) is 3.18. The van der Waals surface area contributed by atoms with E-state index in [4.69, 9.17) is 0 Å². The van der Waals surface area contributed by atoms with Crippen LogP contribution in [0.3, 0.4) is 0 Å². The molecule has 1 aliphatic heterocycles. The van der Waals surface area contributed by atoms with Gasteiger partial charge in [-0.1, -0.05) is 24.6 Å². The zero-order chi connectivity index (χ0) is 12.4. The molecule has 2 aliphatic rings. The Morgan fingerprint density at radius 1 is 1.11 bits per heavy atom. The van der Waals surface area contributed by atoms with Crippen LogP contribution >= 0.6 is 0 Å². The normalized spacial score (nSPS) is 18.6. The lowest BCUT2D eigenvalue weighted by Crippen LogP contribution is -2.04. The predicted octanol–water partition coefficient (Wildman–Crippen LogP) is 3.73. The Balaban J connectivity index is 1.85. The molecule has 1 heterocycles. The van der Waals surface area contributed by atoms with Gasteiger partial charge in [0.2, 0.25) is 0 Å². The van der Waals surface area contributed by atoms with Crippen molar-refractivity contribution in [3.63, 3.8) is 0 Å². The van der Waals surface area contributed by atoms with Gasteiger partial charge in [-0.05, 0) is 49.3 Å².